The summed E-state index contributed by atoms with van der Waals surface area (Å²) in [4.78, 5) is 2.79. The number of hydrogen-bond acceptors (Lipinski definition) is 2. The average molecular weight is 250 g/mol. The molecule has 18 heavy (non-hydrogen) atoms. The van der Waals surface area contributed by atoms with Crippen molar-refractivity contribution in [3.05, 3.63) is 0 Å². The van der Waals surface area contributed by atoms with Crippen molar-refractivity contribution in [2.75, 3.05) is 26.2 Å². The molecule has 1 saturated heterocycles. The quantitative estimate of drug-likeness (QED) is 0.825. The highest BCUT2D eigenvalue weighted by Gasteiger charge is 2.42. The topological polar surface area (TPSA) is 15.3 Å². The Labute approximate surface area is 113 Å². The molecular weight excluding hydrogens is 220 g/mol. The predicted molar refractivity (Wildman–Crippen MR) is 76.6 cm³/mol. The molecule has 0 aromatic rings. The van der Waals surface area contributed by atoms with Crippen molar-refractivity contribution in [1.82, 2.24) is 10.2 Å². The van der Waals surface area contributed by atoms with Gasteiger partial charge < -0.3 is 10.2 Å². The van der Waals surface area contributed by atoms with E-state index in [0.717, 1.165) is 23.7 Å². The van der Waals surface area contributed by atoms with E-state index in [0.29, 0.717) is 6.04 Å². The molecule has 3 rings (SSSR count). The molecule has 1 N–H and O–H groups in total. The number of nitrogens with zero attached hydrogens (tertiary/aromatic N) is 1. The maximum absolute atomic E-state index is 3.65. The third kappa shape index (κ3) is 3.48. The van der Waals surface area contributed by atoms with Gasteiger partial charge in [-0.2, -0.15) is 0 Å². The van der Waals surface area contributed by atoms with Gasteiger partial charge in [-0.05, 0) is 75.8 Å². The number of nitrogens with one attached hydrogen (secondary N) is 1. The van der Waals surface area contributed by atoms with Crippen molar-refractivity contribution >= 4 is 0 Å². The Morgan fingerprint density at radius 3 is 2.33 bits per heavy atom. The lowest BCUT2D eigenvalue weighted by Crippen LogP contribution is -2.44. The molecule has 104 valence electrons. The van der Waals surface area contributed by atoms with Gasteiger partial charge in [-0.25, -0.2) is 0 Å². The Hall–Kier alpha value is -0.0800. The van der Waals surface area contributed by atoms with Gasteiger partial charge in [0.25, 0.3) is 0 Å². The predicted octanol–water partition coefficient (Wildman–Crippen LogP) is 2.74. The van der Waals surface area contributed by atoms with Crippen LogP contribution in [0, 0.1) is 23.7 Å². The van der Waals surface area contributed by atoms with Gasteiger partial charge in [0.05, 0.1) is 0 Å². The molecular formula is C16H30N2. The zero-order chi connectivity index (χ0) is 12.5. The van der Waals surface area contributed by atoms with E-state index in [1.165, 1.54) is 58.3 Å². The molecule has 0 spiro atoms. The van der Waals surface area contributed by atoms with E-state index in [2.05, 4.69) is 24.1 Å². The van der Waals surface area contributed by atoms with E-state index >= 15 is 0 Å². The van der Waals surface area contributed by atoms with Crippen LogP contribution in [-0.2, 0) is 0 Å². The summed E-state index contributed by atoms with van der Waals surface area (Å²) in [6.07, 6.45) is 7.45. The van der Waals surface area contributed by atoms with E-state index in [1.807, 2.05) is 0 Å². The van der Waals surface area contributed by atoms with Crippen molar-refractivity contribution < 1.29 is 0 Å². The minimum Gasteiger partial charge on any atom is -0.314 e. The standard InChI is InChI=1S/C16H30N2/c1-12-9-17-13(2)7-8-18(10-12)11-16(14-3-4-14)15-5-6-15/h12-17H,3-11H2,1-2H3. The van der Waals surface area contributed by atoms with Crippen LogP contribution in [0.5, 0.6) is 0 Å². The second-order valence-electron chi connectivity index (χ2n) is 7.30. The molecule has 0 aromatic carbocycles. The van der Waals surface area contributed by atoms with Crippen LogP contribution in [-0.4, -0.2) is 37.1 Å². The Balaban J connectivity index is 1.55. The zero-order valence-corrected chi connectivity index (χ0v) is 12.2. The first-order valence-electron chi connectivity index (χ1n) is 8.18. The molecule has 2 heteroatoms. The Kier molecular flexibility index (Phi) is 3.95. The first-order chi connectivity index (χ1) is 8.72. The van der Waals surface area contributed by atoms with Gasteiger partial charge in [-0.15, -0.1) is 0 Å². The van der Waals surface area contributed by atoms with E-state index in [-0.39, 0.29) is 0 Å². The fourth-order valence-corrected chi connectivity index (χ4v) is 3.67. The van der Waals surface area contributed by atoms with Crippen molar-refractivity contribution in [3.8, 4) is 0 Å². The second-order valence-corrected chi connectivity index (χ2v) is 7.30. The fraction of sp³-hybridized carbons (Fsp3) is 1.00. The lowest BCUT2D eigenvalue weighted by molar-refractivity contribution is 0.159. The third-order valence-corrected chi connectivity index (χ3v) is 5.19. The molecule has 0 radical (unpaired) electrons. The van der Waals surface area contributed by atoms with Crippen LogP contribution >= 0.6 is 0 Å². The van der Waals surface area contributed by atoms with E-state index in [9.17, 15) is 0 Å². The minimum absolute atomic E-state index is 0.704. The minimum atomic E-state index is 0.704. The molecule has 3 fully saturated rings. The highest BCUT2D eigenvalue weighted by molar-refractivity contribution is 4.93. The maximum Gasteiger partial charge on any atom is 0.00510 e. The monoisotopic (exact) mass is 250 g/mol. The molecule has 3 aliphatic rings. The lowest BCUT2D eigenvalue weighted by Gasteiger charge is -2.33. The summed E-state index contributed by atoms with van der Waals surface area (Å²) in [7, 11) is 0. The molecule has 2 atom stereocenters. The highest BCUT2D eigenvalue weighted by atomic mass is 15.1. The van der Waals surface area contributed by atoms with E-state index < -0.39 is 0 Å². The van der Waals surface area contributed by atoms with E-state index in [1.54, 1.807) is 0 Å². The summed E-state index contributed by atoms with van der Waals surface area (Å²) in [6, 6.07) is 0.704. The van der Waals surface area contributed by atoms with Gasteiger partial charge in [0.1, 0.15) is 0 Å². The first-order valence-corrected chi connectivity index (χ1v) is 8.18. The summed E-state index contributed by atoms with van der Waals surface area (Å²) >= 11 is 0. The lowest BCUT2D eigenvalue weighted by atomic mass is 9.96. The van der Waals surface area contributed by atoms with Gasteiger partial charge in [0.2, 0.25) is 0 Å². The third-order valence-electron chi connectivity index (χ3n) is 5.19. The molecule has 0 bridgehead atoms. The molecule has 2 aliphatic carbocycles. The van der Waals surface area contributed by atoms with Crippen LogP contribution < -0.4 is 5.32 Å². The number of rotatable bonds is 4. The average Bonchev–Trinajstić information content (AvgIpc) is 3.18. The summed E-state index contributed by atoms with van der Waals surface area (Å²) in [5, 5.41) is 3.65. The second kappa shape index (κ2) is 5.50. The zero-order valence-electron chi connectivity index (χ0n) is 12.2. The molecule has 0 amide bonds. The van der Waals surface area contributed by atoms with Gasteiger partial charge >= 0.3 is 0 Å². The normalized spacial score (nSPS) is 35.5. The smallest absolute Gasteiger partial charge is 0.00510 e. The summed E-state index contributed by atoms with van der Waals surface area (Å²) < 4.78 is 0. The molecule has 2 saturated carbocycles. The molecule has 1 heterocycles. The SMILES string of the molecule is CC1CNC(C)CCN(CC(C2CC2)C2CC2)C1. The van der Waals surface area contributed by atoms with Crippen LogP contribution in [0.25, 0.3) is 0 Å². The summed E-state index contributed by atoms with van der Waals surface area (Å²) in [6.45, 7) is 9.99. The van der Waals surface area contributed by atoms with Gasteiger partial charge in [-0.3, -0.25) is 0 Å². The van der Waals surface area contributed by atoms with E-state index in [4.69, 9.17) is 0 Å². The fourth-order valence-electron chi connectivity index (χ4n) is 3.67. The Morgan fingerprint density at radius 1 is 1.06 bits per heavy atom. The highest BCUT2D eigenvalue weighted by Crippen LogP contribution is 2.49. The van der Waals surface area contributed by atoms with Gasteiger partial charge in [-0.1, -0.05) is 6.92 Å². The molecule has 0 aromatic heterocycles. The molecule has 1 aliphatic heterocycles. The Morgan fingerprint density at radius 2 is 1.72 bits per heavy atom. The number of hydrogen-bond donors (Lipinski definition) is 1. The van der Waals surface area contributed by atoms with Crippen LogP contribution in [0.4, 0.5) is 0 Å². The summed E-state index contributed by atoms with van der Waals surface area (Å²) in [5.41, 5.74) is 0. The van der Waals surface area contributed by atoms with Crippen molar-refractivity contribution in [2.45, 2.75) is 52.0 Å². The maximum atomic E-state index is 3.65. The van der Waals surface area contributed by atoms with Crippen LogP contribution in [0.15, 0.2) is 0 Å². The van der Waals surface area contributed by atoms with Crippen LogP contribution in [0.2, 0.25) is 0 Å². The molecule has 2 unspecified atom stereocenters. The largest absolute Gasteiger partial charge is 0.314 e. The van der Waals surface area contributed by atoms with Crippen molar-refractivity contribution in [1.29, 1.82) is 0 Å². The Bertz CT molecular complexity index is 258. The van der Waals surface area contributed by atoms with Gasteiger partial charge in [0, 0.05) is 19.1 Å². The molecule has 2 nitrogen and oxygen atoms in total. The van der Waals surface area contributed by atoms with Crippen molar-refractivity contribution in [3.63, 3.8) is 0 Å². The van der Waals surface area contributed by atoms with Crippen LogP contribution in [0.3, 0.4) is 0 Å². The van der Waals surface area contributed by atoms with Gasteiger partial charge in [0.15, 0.2) is 0 Å². The van der Waals surface area contributed by atoms with Crippen LogP contribution in [0.1, 0.15) is 46.0 Å². The van der Waals surface area contributed by atoms with Crippen molar-refractivity contribution in [2.24, 2.45) is 23.7 Å². The summed E-state index contributed by atoms with van der Waals surface area (Å²) in [5.74, 6) is 4.08. The first kappa shape index (κ1) is 12.9.